The van der Waals surface area contributed by atoms with Crippen molar-refractivity contribution in [2.45, 2.75) is 31.3 Å². The number of aliphatic carboxylic acids is 1. The van der Waals surface area contributed by atoms with Crippen LogP contribution >= 0.6 is 0 Å². The second-order valence-corrected chi connectivity index (χ2v) is 9.72. The van der Waals surface area contributed by atoms with Crippen molar-refractivity contribution >= 4 is 45.1 Å². The lowest BCUT2D eigenvalue weighted by Gasteiger charge is -2.17. The number of carboxylic acid groups (broad SMARTS) is 1. The van der Waals surface area contributed by atoms with E-state index < -0.39 is 27.6 Å². The molecule has 1 aromatic carbocycles. The zero-order valence-corrected chi connectivity index (χ0v) is 18.5. The second kappa shape index (κ2) is 8.80. The zero-order valence-electron chi connectivity index (χ0n) is 17.7. The van der Waals surface area contributed by atoms with Crippen LogP contribution in [0.15, 0.2) is 65.8 Å². The van der Waals surface area contributed by atoms with E-state index in [1.54, 1.807) is 39.0 Å². The van der Waals surface area contributed by atoms with Gasteiger partial charge in [0.05, 0.1) is 4.90 Å². The molecule has 3 aromatic rings. The first-order valence-electron chi connectivity index (χ1n) is 9.60. The number of esters is 1. The van der Waals surface area contributed by atoms with Crippen molar-refractivity contribution in [3.8, 4) is 0 Å². The van der Waals surface area contributed by atoms with Gasteiger partial charge in [-0.25, -0.2) is 27.0 Å². The third-order valence-electron chi connectivity index (χ3n) is 4.19. The monoisotopic (exact) mass is 454 g/mol. The molecule has 8 nitrogen and oxygen atoms in total. The Morgan fingerprint density at radius 3 is 2.31 bits per heavy atom. The number of ether oxygens (including phenoxy) is 1. The number of rotatable bonds is 6. The molecule has 0 aliphatic carbocycles. The number of nitrogens with zero attached hydrogens (tertiary/aromatic N) is 2. The van der Waals surface area contributed by atoms with Gasteiger partial charge in [0.2, 0.25) is 0 Å². The van der Waals surface area contributed by atoms with Crippen LogP contribution in [0.3, 0.4) is 0 Å². The first-order valence-corrected chi connectivity index (χ1v) is 11.0. The van der Waals surface area contributed by atoms with Crippen molar-refractivity contribution in [3.05, 3.63) is 72.1 Å². The largest absolute Gasteiger partial charge is 0.478 e. The molecule has 0 radical (unpaired) electrons. The number of carbonyl (C=O) groups is 2. The van der Waals surface area contributed by atoms with Crippen molar-refractivity contribution in [1.82, 2.24) is 8.96 Å². The van der Waals surface area contributed by atoms with Gasteiger partial charge in [-0.1, -0.05) is 12.1 Å². The molecule has 0 saturated carbocycles. The zero-order chi connectivity index (χ0) is 23.5. The van der Waals surface area contributed by atoms with Crippen LogP contribution in [0, 0.1) is 0 Å². The topological polar surface area (TPSA) is 116 Å². The molecule has 0 aliphatic heterocycles. The van der Waals surface area contributed by atoms with E-state index in [2.05, 4.69) is 4.98 Å². The third kappa shape index (κ3) is 5.50. The molecule has 0 bridgehead atoms. The molecule has 1 N–H and O–H groups in total. The van der Waals surface area contributed by atoms with Crippen LogP contribution in [0.1, 0.15) is 31.9 Å². The Morgan fingerprint density at radius 1 is 1.03 bits per heavy atom. The van der Waals surface area contributed by atoms with Crippen molar-refractivity contribution in [2.75, 3.05) is 0 Å². The molecule has 0 spiro atoms. The summed E-state index contributed by atoms with van der Waals surface area (Å²) in [6.45, 7) is 5.32. The normalized spacial score (nSPS) is 12.6. The molecular weight excluding hydrogens is 432 g/mol. The summed E-state index contributed by atoms with van der Waals surface area (Å²) in [5, 5.41) is 9.27. The van der Waals surface area contributed by atoms with Gasteiger partial charge >= 0.3 is 11.9 Å². The minimum Gasteiger partial charge on any atom is -0.478 e. The summed E-state index contributed by atoms with van der Waals surface area (Å²) in [6.07, 6.45) is 8.07. The Balaban J connectivity index is 1.86. The van der Waals surface area contributed by atoms with Crippen LogP contribution in [0.2, 0.25) is 0 Å². The summed E-state index contributed by atoms with van der Waals surface area (Å²) in [4.78, 5) is 26.7. The van der Waals surface area contributed by atoms with Crippen LogP contribution in [0.5, 0.6) is 0 Å². The SMILES string of the molecule is CC(C)(C)OC(=O)C=Cc1cnc2c(ccn2S(=O)(=O)c2ccc(C=CC(=O)O)cc2)c1. The number of aromatic nitrogens is 2. The number of hydrogen-bond acceptors (Lipinski definition) is 6. The van der Waals surface area contributed by atoms with E-state index in [4.69, 9.17) is 9.84 Å². The van der Waals surface area contributed by atoms with Gasteiger partial charge in [-0.2, -0.15) is 0 Å². The maximum Gasteiger partial charge on any atom is 0.331 e. The fourth-order valence-electron chi connectivity index (χ4n) is 2.83. The highest BCUT2D eigenvalue weighted by Gasteiger charge is 2.20. The van der Waals surface area contributed by atoms with E-state index >= 15 is 0 Å². The molecule has 2 heterocycles. The van der Waals surface area contributed by atoms with Gasteiger partial charge in [0, 0.05) is 29.9 Å². The predicted molar refractivity (Wildman–Crippen MR) is 120 cm³/mol. The highest BCUT2D eigenvalue weighted by atomic mass is 32.2. The second-order valence-electron chi connectivity index (χ2n) is 7.91. The van der Waals surface area contributed by atoms with E-state index in [1.807, 2.05) is 0 Å². The number of carbonyl (C=O) groups excluding carboxylic acids is 1. The van der Waals surface area contributed by atoms with Crippen LogP contribution < -0.4 is 0 Å². The minimum absolute atomic E-state index is 0.0400. The molecule has 3 rings (SSSR count). The molecule has 0 aliphatic rings. The summed E-state index contributed by atoms with van der Waals surface area (Å²) < 4.78 is 32.4. The predicted octanol–water partition coefficient (Wildman–Crippen LogP) is 3.73. The minimum atomic E-state index is -3.91. The van der Waals surface area contributed by atoms with E-state index in [0.717, 1.165) is 10.0 Å². The Kier molecular flexibility index (Phi) is 6.31. The lowest BCUT2D eigenvalue weighted by Crippen LogP contribution is -2.22. The first-order chi connectivity index (χ1) is 15.0. The number of fused-ring (bicyclic) bond motifs is 1. The summed E-state index contributed by atoms with van der Waals surface area (Å²) in [7, 11) is -3.91. The van der Waals surface area contributed by atoms with Gasteiger partial charge < -0.3 is 9.84 Å². The van der Waals surface area contributed by atoms with Crippen molar-refractivity contribution in [1.29, 1.82) is 0 Å². The number of pyridine rings is 1. The Bertz CT molecular complexity index is 1330. The first kappa shape index (κ1) is 23.0. The lowest BCUT2D eigenvalue weighted by atomic mass is 10.2. The number of hydrogen-bond donors (Lipinski definition) is 1. The maximum absolute atomic E-state index is 13.1. The standard InChI is InChI=1S/C23H22N2O6S/c1-23(2,3)31-21(28)11-7-17-14-18-12-13-25(22(18)24-15-17)32(29,30)19-8-4-16(5-9-19)6-10-20(26)27/h4-15H,1-3H3,(H,26,27). The van der Waals surface area contributed by atoms with Crippen LogP contribution in [-0.4, -0.2) is 40.0 Å². The Labute approximate surface area is 185 Å². The molecular formula is C23H22N2O6S. The molecule has 0 unspecified atom stereocenters. The van der Waals surface area contributed by atoms with Gasteiger partial charge in [-0.05, 0) is 68.3 Å². The fraction of sp³-hybridized carbons (Fsp3) is 0.174. The molecule has 32 heavy (non-hydrogen) atoms. The molecule has 0 saturated heterocycles. The molecule has 2 aromatic heterocycles. The molecule has 9 heteroatoms. The summed E-state index contributed by atoms with van der Waals surface area (Å²) in [5.74, 6) is -1.58. The van der Waals surface area contributed by atoms with Gasteiger partial charge in [0.1, 0.15) is 5.60 Å². The van der Waals surface area contributed by atoms with Crippen LogP contribution in [0.4, 0.5) is 0 Å². The van der Waals surface area contributed by atoms with Gasteiger partial charge in [0.15, 0.2) is 5.65 Å². The lowest BCUT2D eigenvalue weighted by molar-refractivity contribution is -0.148. The molecule has 166 valence electrons. The quantitative estimate of drug-likeness (QED) is 0.446. The van der Waals surface area contributed by atoms with Gasteiger partial charge in [-0.3, -0.25) is 0 Å². The summed E-state index contributed by atoms with van der Waals surface area (Å²) in [5.41, 5.74) is 0.825. The van der Waals surface area contributed by atoms with Crippen molar-refractivity contribution < 1.29 is 27.9 Å². The van der Waals surface area contributed by atoms with E-state index in [0.29, 0.717) is 16.5 Å². The van der Waals surface area contributed by atoms with E-state index in [1.165, 1.54) is 48.8 Å². The van der Waals surface area contributed by atoms with E-state index in [9.17, 15) is 18.0 Å². The number of benzene rings is 1. The van der Waals surface area contributed by atoms with Crippen molar-refractivity contribution in [2.24, 2.45) is 0 Å². The van der Waals surface area contributed by atoms with Gasteiger partial charge in [0.25, 0.3) is 10.0 Å². The van der Waals surface area contributed by atoms with Crippen molar-refractivity contribution in [3.63, 3.8) is 0 Å². The fourth-order valence-corrected chi connectivity index (χ4v) is 4.14. The number of carboxylic acids is 1. The maximum atomic E-state index is 13.1. The molecule has 0 amide bonds. The summed E-state index contributed by atoms with van der Waals surface area (Å²) >= 11 is 0. The van der Waals surface area contributed by atoms with Crippen LogP contribution in [0.25, 0.3) is 23.2 Å². The highest BCUT2D eigenvalue weighted by molar-refractivity contribution is 7.90. The van der Waals surface area contributed by atoms with E-state index in [-0.39, 0.29) is 10.5 Å². The molecule has 0 atom stereocenters. The average molecular weight is 455 g/mol. The van der Waals surface area contributed by atoms with Gasteiger partial charge in [-0.15, -0.1) is 0 Å². The smallest absolute Gasteiger partial charge is 0.331 e. The third-order valence-corrected chi connectivity index (χ3v) is 5.87. The molecule has 0 fully saturated rings. The summed E-state index contributed by atoms with van der Waals surface area (Å²) in [6, 6.07) is 9.18. The Morgan fingerprint density at radius 2 is 1.69 bits per heavy atom. The van der Waals surface area contributed by atoms with Crippen LogP contribution in [-0.2, 0) is 24.3 Å². The Hall–Kier alpha value is -3.72. The average Bonchev–Trinajstić information content (AvgIpc) is 3.14. The highest BCUT2D eigenvalue weighted by Crippen LogP contribution is 2.22.